The number of amides is 4. The zero-order chi connectivity index (χ0) is 34.5. The molecule has 0 unspecified atom stereocenters. The molecule has 252 valence electrons. The number of piperazine rings is 2. The smallest absolute Gasteiger partial charge is 0.339 e. The van der Waals surface area contributed by atoms with Gasteiger partial charge in [0.25, 0.3) is 0 Å². The van der Waals surface area contributed by atoms with Gasteiger partial charge in [0.1, 0.15) is 0 Å². The number of halogens is 6. The molecule has 2 heterocycles. The van der Waals surface area contributed by atoms with E-state index in [1.807, 2.05) is 0 Å². The van der Waals surface area contributed by atoms with Gasteiger partial charge in [0.2, 0.25) is 23.6 Å². The number of nitrogens with zero attached hydrogens (tertiary/aromatic N) is 4. The van der Waals surface area contributed by atoms with Crippen molar-refractivity contribution in [1.82, 2.24) is 19.6 Å². The van der Waals surface area contributed by atoms with Crippen LogP contribution in [0.5, 0.6) is 0 Å². The number of alkyl halides is 6. The molecule has 8 nitrogen and oxygen atoms in total. The summed E-state index contributed by atoms with van der Waals surface area (Å²) in [5.41, 5.74) is -2.28. The fourth-order valence-corrected chi connectivity index (χ4v) is 6.15. The van der Waals surface area contributed by atoms with E-state index >= 15 is 0 Å². The van der Waals surface area contributed by atoms with Crippen molar-refractivity contribution in [2.45, 2.75) is 36.0 Å². The van der Waals surface area contributed by atoms with Gasteiger partial charge in [0, 0.05) is 88.1 Å². The molecule has 4 rings (SSSR count). The van der Waals surface area contributed by atoms with Crippen molar-refractivity contribution in [3.63, 3.8) is 0 Å². The van der Waals surface area contributed by atoms with Crippen molar-refractivity contribution in [3.05, 3.63) is 70.8 Å². The second kappa shape index (κ2) is 14.7. The highest BCUT2D eigenvalue weighted by Crippen LogP contribution is 2.44. The molecule has 0 spiro atoms. The Balaban J connectivity index is 1.50. The first-order valence-electron chi connectivity index (χ1n) is 14.6. The summed E-state index contributed by atoms with van der Waals surface area (Å²) in [6, 6.07) is 6.21. The minimum Gasteiger partial charge on any atom is -0.339 e. The third kappa shape index (κ3) is 9.40. The average molecular weight is 683 g/mol. The van der Waals surface area contributed by atoms with E-state index in [1.165, 1.54) is 47.9 Å². The summed E-state index contributed by atoms with van der Waals surface area (Å²) < 4.78 is 84.5. The van der Waals surface area contributed by atoms with Crippen molar-refractivity contribution in [1.29, 1.82) is 0 Å². The zero-order valence-electron chi connectivity index (χ0n) is 25.5. The van der Waals surface area contributed by atoms with Crippen LogP contribution in [0.25, 0.3) is 12.2 Å². The molecule has 4 amide bonds. The predicted molar refractivity (Wildman–Crippen MR) is 163 cm³/mol. The van der Waals surface area contributed by atoms with E-state index in [4.69, 9.17) is 0 Å². The third-order valence-corrected chi connectivity index (χ3v) is 8.90. The van der Waals surface area contributed by atoms with Gasteiger partial charge in [0.15, 0.2) is 0 Å². The van der Waals surface area contributed by atoms with Crippen LogP contribution in [0.1, 0.15) is 36.1 Å². The van der Waals surface area contributed by atoms with Gasteiger partial charge in [-0.25, -0.2) is 0 Å². The Morgan fingerprint density at radius 2 is 0.894 bits per heavy atom. The Kier molecular flexibility index (Phi) is 11.1. The number of hydrogen-bond donors (Lipinski definition) is 0. The summed E-state index contributed by atoms with van der Waals surface area (Å²) in [5.74, 6) is -1.13. The molecule has 15 heteroatoms. The lowest BCUT2D eigenvalue weighted by molar-refractivity contribution is -0.140. The van der Waals surface area contributed by atoms with E-state index in [9.17, 15) is 45.5 Å². The predicted octanol–water partition coefficient (Wildman–Crippen LogP) is 5.28. The van der Waals surface area contributed by atoms with Crippen molar-refractivity contribution in [2.24, 2.45) is 0 Å². The van der Waals surface area contributed by atoms with Crippen LogP contribution in [0, 0.1) is 0 Å². The monoisotopic (exact) mass is 682 g/mol. The molecule has 47 heavy (non-hydrogen) atoms. The Hall–Kier alpha value is -4.27. The molecule has 0 atom stereocenters. The fraction of sp³-hybridized carbons (Fsp3) is 0.375. The quantitative estimate of drug-likeness (QED) is 0.306. The Morgan fingerprint density at radius 3 is 1.19 bits per heavy atom. The molecule has 0 N–H and O–H groups in total. The maximum atomic E-state index is 14.1. The summed E-state index contributed by atoms with van der Waals surface area (Å²) in [6.07, 6.45) is -5.16. The van der Waals surface area contributed by atoms with Gasteiger partial charge < -0.3 is 19.6 Å². The lowest BCUT2D eigenvalue weighted by atomic mass is 10.1. The third-order valence-electron chi connectivity index (χ3n) is 7.75. The maximum Gasteiger partial charge on any atom is 0.417 e. The Labute approximate surface area is 271 Å². The van der Waals surface area contributed by atoms with Crippen molar-refractivity contribution < 1.29 is 45.5 Å². The first kappa shape index (κ1) is 35.6. The van der Waals surface area contributed by atoms with Crippen LogP contribution in [0.3, 0.4) is 0 Å². The number of carbonyl (C=O) groups is 4. The number of hydrogen-bond acceptors (Lipinski definition) is 5. The highest BCUT2D eigenvalue weighted by Gasteiger charge is 2.37. The molecule has 2 aliphatic rings. The molecule has 0 bridgehead atoms. The minimum absolute atomic E-state index is 0.0290. The van der Waals surface area contributed by atoms with Crippen molar-refractivity contribution in [2.75, 3.05) is 52.4 Å². The molecule has 2 aromatic rings. The van der Waals surface area contributed by atoms with Gasteiger partial charge in [-0.3, -0.25) is 19.2 Å². The van der Waals surface area contributed by atoms with Gasteiger partial charge in [-0.2, -0.15) is 26.3 Å². The fourth-order valence-electron chi connectivity index (χ4n) is 5.07. The van der Waals surface area contributed by atoms with Gasteiger partial charge in [0.05, 0.1) is 11.1 Å². The van der Waals surface area contributed by atoms with Crippen molar-refractivity contribution in [3.8, 4) is 0 Å². The molecule has 0 saturated carbocycles. The van der Waals surface area contributed by atoms with Gasteiger partial charge in [-0.15, -0.1) is 0 Å². The van der Waals surface area contributed by atoms with Crippen LogP contribution in [-0.4, -0.2) is 95.6 Å². The lowest BCUT2D eigenvalue weighted by Gasteiger charge is -2.33. The summed E-state index contributed by atoms with van der Waals surface area (Å²) in [4.78, 5) is 53.3. The van der Waals surface area contributed by atoms with Gasteiger partial charge in [-0.1, -0.05) is 23.9 Å². The van der Waals surface area contributed by atoms with Crippen LogP contribution in [0.15, 0.2) is 58.3 Å². The summed E-state index contributed by atoms with van der Waals surface area (Å²) in [6.45, 7) is 5.31. The number of benzene rings is 2. The van der Waals surface area contributed by atoms with Gasteiger partial charge >= 0.3 is 12.4 Å². The van der Waals surface area contributed by atoms with Crippen molar-refractivity contribution >= 4 is 47.5 Å². The normalized spacial score (nSPS) is 16.3. The number of carbonyl (C=O) groups excluding carboxylic acids is 4. The Bertz CT molecular complexity index is 1460. The van der Waals surface area contributed by atoms with E-state index < -0.39 is 45.1 Å². The summed E-state index contributed by atoms with van der Waals surface area (Å²) in [7, 11) is 0. The zero-order valence-corrected chi connectivity index (χ0v) is 26.3. The van der Waals surface area contributed by atoms with Crippen LogP contribution in [0.2, 0.25) is 0 Å². The second-order valence-corrected chi connectivity index (χ2v) is 12.0. The van der Waals surface area contributed by atoms with Crippen LogP contribution >= 0.6 is 11.8 Å². The Morgan fingerprint density at radius 1 is 0.574 bits per heavy atom. The molecule has 2 aromatic carbocycles. The highest BCUT2D eigenvalue weighted by molar-refractivity contribution is 7.99. The van der Waals surface area contributed by atoms with Gasteiger partial charge in [-0.05, 0) is 47.5 Å². The number of rotatable bonds is 6. The van der Waals surface area contributed by atoms with E-state index in [0.717, 1.165) is 36.4 Å². The summed E-state index contributed by atoms with van der Waals surface area (Å²) >= 11 is 0.308. The lowest BCUT2D eigenvalue weighted by Crippen LogP contribution is -2.49. The first-order valence-corrected chi connectivity index (χ1v) is 15.4. The molecule has 2 saturated heterocycles. The molecule has 2 fully saturated rings. The van der Waals surface area contributed by atoms with Crippen LogP contribution < -0.4 is 0 Å². The first-order chi connectivity index (χ1) is 22.0. The molecular formula is C32H32F6N4O4S. The van der Waals surface area contributed by atoms with E-state index in [1.54, 1.807) is 9.80 Å². The highest BCUT2D eigenvalue weighted by atomic mass is 32.2. The molecule has 0 aromatic heterocycles. The maximum absolute atomic E-state index is 14.1. The largest absolute Gasteiger partial charge is 0.417 e. The molecule has 0 radical (unpaired) electrons. The van der Waals surface area contributed by atoms with E-state index in [-0.39, 0.29) is 49.1 Å². The molecular weight excluding hydrogens is 650 g/mol. The molecule has 0 aliphatic carbocycles. The standard InChI is InChI=1S/C32H32F6N4O4S/c1-21(43)39-11-15-41(16-12-39)29(45)9-5-23-3-7-27(25(19-23)31(33,34)35)47-28-8-4-24(20-26(28)32(36,37)38)6-10-30(46)42-17-13-40(14-18-42)22(2)44/h3-10,19-20H,11-18H2,1-2H3. The SMILES string of the molecule is CC(=O)N1CCN(C(=O)C=Cc2ccc(Sc3ccc(C=CC(=O)N4CCN(C(C)=O)CC4)cc3C(F)(F)F)c(C(F)(F)F)c2)CC1. The van der Waals surface area contributed by atoms with Crippen LogP contribution in [0.4, 0.5) is 26.3 Å². The molecule has 2 aliphatic heterocycles. The van der Waals surface area contributed by atoms with E-state index in [0.29, 0.717) is 37.9 Å². The second-order valence-electron chi connectivity index (χ2n) is 10.9. The average Bonchev–Trinajstić information content (AvgIpc) is 3.02. The summed E-state index contributed by atoms with van der Waals surface area (Å²) in [5, 5.41) is 0. The van der Waals surface area contributed by atoms with E-state index in [2.05, 4.69) is 0 Å². The minimum atomic E-state index is -4.91. The topological polar surface area (TPSA) is 81.2 Å². The van der Waals surface area contributed by atoms with Crippen LogP contribution in [-0.2, 0) is 31.5 Å².